The van der Waals surface area contributed by atoms with Crippen LogP contribution in [0, 0.1) is 0 Å². The minimum absolute atomic E-state index is 0.115. The quantitative estimate of drug-likeness (QED) is 0.293. The van der Waals surface area contributed by atoms with E-state index in [-0.39, 0.29) is 12.4 Å². The fourth-order valence-electron chi connectivity index (χ4n) is 2.40. The van der Waals surface area contributed by atoms with Gasteiger partial charge in [0.25, 0.3) is 0 Å². The lowest BCUT2D eigenvalue weighted by atomic mass is 10.1. The molecule has 0 saturated heterocycles. The molecule has 0 saturated carbocycles. The number of nitrogens with zero attached hydrogens (tertiary/aromatic N) is 2. The monoisotopic (exact) mass is 279 g/mol. The third-order valence-electron chi connectivity index (χ3n) is 3.59. The van der Waals surface area contributed by atoms with E-state index in [1.165, 1.54) is 0 Å². The standard InChI is InChI=1S/C15H25N3O2/c1-3-14(4-2)18(9-10-19)11-12-5-7-13(8-6-12)15(16)17-20/h5-8,14,19-20H,3-4,9-11H2,1-2H3,(H2,16,17). The SMILES string of the molecule is CCC(CC)N(CCO)Cc1ccc(C(N)=NO)cc1. The first-order chi connectivity index (χ1) is 9.65. The van der Waals surface area contributed by atoms with Crippen LogP contribution in [0.3, 0.4) is 0 Å². The van der Waals surface area contributed by atoms with E-state index in [9.17, 15) is 5.11 Å². The van der Waals surface area contributed by atoms with E-state index in [2.05, 4.69) is 23.9 Å². The predicted octanol–water partition coefficient (Wildman–Crippen LogP) is 1.76. The minimum Gasteiger partial charge on any atom is -0.409 e. The van der Waals surface area contributed by atoms with Gasteiger partial charge in [0.05, 0.1) is 6.61 Å². The Hall–Kier alpha value is -1.59. The third-order valence-corrected chi connectivity index (χ3v) is 3.59. The number of hydrogen-bond donors (Lipinski definition) is 3. The highest BCUT2D eigenvalue weighted by Gasteiger charge is 2.14. The van der Waals surface area contributed by atoms with E-state index in [0.29, 0.717) is 18.2 Å². The summed E-state index contributed by atoms with van der Waals surface area (Å²) in [5, 5.41) is 20.8. The highest BCUT2D eigenvalue weighted by molar-refractivity contribution is 5.96. The molecule has 0 heterocycles. The Morgan fingerprint density at radius 3 is 2.30 bits per heavy atom. The molecule has 0 atom stereocenters. The molecule has 0 bridgehead atoms. The van der Waals surface area contributed by atoms with Crippen molar-refractivity contribution < 1.29 is 10.3 Å². The van der Waals surface area contributed by atoms with Crippen LogP contribution in [0.25, 0.3) is 0 Å². The van der Waals surface area contributed by atoms with Crippen molar-refractivity contribution in [2.24, 2.45) is 10.9 Å². The zero-order chi connectivity index (χ0) is 15.0. The molecule has 0 spiro atoms. The van der Waals surface area contributed by atoms with Crippen LogP contribution in [-0.4, -0.2) is 40.2 Å². The topological polar surface area (TPSA) is 82.1 Å². The summed E-state index contributed by atoms with van der Waals surface area (Å²) >= 11 is 0. The molecule has 5 heteroatoms. The average Bonchev–Trinajstić information content (AvgIpc) is 2.48. The molecule has 0 radical (unpaired) electrons. The molecule has 1 aromatic rings. The lowest BCUT2D eigenvalue weighted by molar-refractivity contribution is 0.136. The maximum atomic E-state index is 9.20. The predicted molar refractivity (Wildman–Crippen MR) is 80.8 cm³/mol. The van der Waals surface area contributed by atoms with Crippen molar-refractivity contribution in [3.05, 3.63) is 35.4 Å². The van der Waals surface area contributed by atoms with Gasteiger partial charge in [-0.2, -0.15) is 0 Å². The van der Waals surface area contributed by atoms with Crippen molar-refractivity contribution in [1.29, 1.82) is 0 Å². The third kappa shape index (κ3) is 4.51. The molecule has 0 aliphatic heterocycles. The van der Waals surface area contributed by atoms with Crippen molar-refractivity contribution in [1.82, 2.24) is 4.90 Å². The second kappa shape index (κ2) is 8.55. The molecule has 20 heavy (non-hydrogen) atoms. The van der Waals surface area contributed by atoms with Crippen molar-refractivity contribution in [2.45, 2.75) is 39.3 Å². The number of nitrogens with two attached hydrogens (primary N) is 1. The molecule has 0 aliphatic carbocycles. The number of oxime groups is 1. The van der Waals surface area contributed by atoms with Gasteiger partial charge in [-0.3, -0.25) is 4.90 Å². The molecule has 4 N–H and O–H groups in total. The normalized spacial score (nSPS) is 12.3. The summed E-state index contributed by atoms with van der Waals surface area (Å²) in [5.74, 6) is 0.115. The largest absolute Gasteiger partial charge is 0.409 e. The van der Waals surface area contributed by atoms with Gasteiger partial charge in [-0.1, -0.05) is 43.3 Å². The maximum absolute atomic E-state index is 9.20. The van der Waals surface area contributed by atoms with Crippen molar-refractivity contribution in [2.75, 3.05) is 13.2 Å². The van der Waals surface area contributed by atoms with Crippen LogP contribution in [-0.2, 0) is 6.54 Å². The molecular formula is C15H25N3O2. The van der Waals surface area contributed by atoms with Crippen molar-refractivity contribution >= 4 is 5.84 Å². The van der Waals surface area contributed by atoms with Crippen molar-refractivity contribution in [3.63, 3.8) is 0 Å². The van der Waals surface area contributed by atoms with E-state index in [1.807, 2.05) is 24.3 Å². The van der Waals surface area contributed by atoms with Crippen LogP contribution >= 0.6 is 0 Å². The Morgan fingerprint density at radius 2 is 1.85 bits per heavy atom. The Labute approximate surface area is 120 Å². The van der Waals surface area contributed by atoms with E-state index >= 15 is 0 Å². The Kier molecular flexibility index (Phi) is 7.04. The Balaban J connectivity index is 2.78. The van der Waals surface area contributed by atoms with Gasteiger partial charge in [0.1, 0.15) is 0 Å². The lowest BCUT2D eigenvalue weighted by Gasteiger charge is -2.29. The van der Waals surface area contributed by atoms with Crippen LogP contribution in [0.1, 0.15) is 37.8 Å². The van der Waals surface area contributed by atoms with Crippen molar-refractivity contribution in [3.8, 4) is 0 Å². The Bertz CT molecular complexity index is 414. The number of aliphatic hydroxyl groups is 1. The van der Waals surface area contributed by atoms with Gasteiger partial charge in [0.15, 0.2) is 5.84 Å². The van der Waals surface area contributed by atoms with Gasteiger partial charge in [-0.15, -0.1) is 0 Å². The highest BCUT2D eigenvalue weighted by Crippen LogP contribution is 2.14. The zero-order valence-corrected chi connectivity index (χ0v) is 12.3. The number of amidine groups is 1. The molecule has 0 fully saturated rings. The summed E-state index contributed by atoms with van der Waals surface area (Å²) in [4.78, 5) is 2.29. The van der Waals surface area contributed by atoms with Crippen LogP contribution in [0.5, 0.6) is 0 Å². The van der Waals surface area contributed by atoms with Crippen LogP contribution in [0.15, 0.2) is 29.4 Å². The first kappa shape index (κ1) is 16.5. The van der Waals surface area contributed by atoms with Gasteiger partial charge in [0.2, 0.25) is 0 Å². The number of aliphatic hydroxyl groups excluding tert-OH is 1. The number of rotatable bonds is 8. The van der Waals surface area contributed by atoms with E-state index < -0.39 is 0 Å². The highest BCUT2D eigenvalue weighted by atomic mass is 16.4. The van der Waals surface area contributed by atoms with E-state index in [1.54, 1.807) is 0 Å². The van der Waals surface area contributed by atoms with Gasteiger partial charge in [-0.25, -0.2) is 0 Å². The summed E-state index contributed by atoms with van der Waals surface area (Å²) in [6.45, 7) is 5.97. The summed E-state index contributed by atoms with van der Waals surface area (Å²) in [5.41, 5.74) is 7.40. The van der Waals surface area contributed by atoms with E-state index in [4.69, 9.17) is 10.9 Å². The maximum Gasteiger partial charge on any atom is 0.170 e. The van der Waals surface area contributed by atoms with Crippen LogP contribution < -0.4 is 5.73 Å². The van der Waals surface area contributed by atoms with Crippen LogP contribution in [0.2, 0.25) is 0 Å². The second-order valence-electron chi connectivity index (χ2n) is 4.85. The first-order valence-electron chi connectivity index (χ1n) is 7.07. The molecule has 1 rings (SSSR count). The molecule has 0 aromatic heterocycles. The summed E-state index contributed by atoms with van der Waals surface area (Å²) in [6.07, 6.45) is 2.14. The molecule has 0 aliphatic rings. The summed E-state index contributed by atoms with van der Waals surface area (Å²) in [6, 6.07) is 8.11. The fourth-order valence-corrected chi connectivity index (χ4v) is 2.40. The Morgan fingerprint density at radius 1 is 1.25 bits per heavy atom. The van der Waals surface area contributed by atoms with Gasteiger partial charge in [-0.05, 0) is 18.4 Å². The van der Waals surface area contributed by atoms with Gasteiger partial charge < -0.3 is 16.0 Å². The lowest BCUT2D eigenvalue weighted by Crippen LogP contribution is -2.36. The van der Waals surface area contributed by atoms with Crippen LogP contribution in [0.4, 0.5) is 0 Å². The van der Waals surface area contributed by atoms with Gasteiger partial charge >= 0.3 is 0 Å². The zero-order valence-electron chi connectivity index (χ0n) is 12.3. The number of benzene rings is 1. The smallest absolute Gasteiger partial charge is 0.170 e. The molecule has 5 nitrogen and oxygen atoms in total. The molecular weight excluding hydrogens is 254 g/mol. The summed E-state index contributed by atoms with van der Waals surface area (Å²) in [7, 11) is 0. The first-order valence-corrected chi connectivity index (χ1v) is 7.07. The second-order valence-corrected chi connectivity index (χ2v) is 4.85. The molecule has 0 amide bonds. The fraction of sp³-hybridized carbons (Fsp3) is 0.533. The van der Waals surface area contributed by atoms with Gasteiger partial charge in [0, 0.05) is 24.7 Å². The average molecular weight is 279 g/mol. The molecule has 0 unspecified atom stereocenters. The van der Waals surface area contributed by atoms with E-state index in [0.717, 1.165) is 24.9 Å². The summed E-state index contributed by atoms with van der Waals surface area (Å²) < 4.78 is 0. The molecule has 1 aromatic carbocycles. The minimum atomic E-state index is 0.115. The molecule has 112 valence electrons. The number of hydrogen-bond acceptors (Lipinski definition) is 4.